The van der Waals surface area contributed by atoms with E-state index < -0.39 is 22.8 Å². The number of rotatable bonds is 6. The molecule has 1 unspecified atom stereocenters. The van der Waals surface area contributed by atoms with E-state index in [2.05, 4.69) is 5.10 Å². The molecule has 1 atom stereocenters. The van der Waals surface area contributed by atoms with Gasteiger partial charge in [-0.05, 0) is 38.0 Å². The molecular weight excluding hydrogens is 328 g/mol. The second-order valence-electron chi connectivity index (χ2n) is 5.88. The molecule has 1 heterocycles. The summed E-state index contributed by atoms with van der Waals surface area (Å²) in [7, 11) is 0. The summed E-state index contributed by atoms with van der Waals surface area (Å²) in [6.07, 6.45) is 3.13. The minimum Gasteiger partial charge on any atom is -0.480 e. The van der Waals surface area contributed by atoms with Crippen LogP contribution in [0, 0.1) is 10.1 Å². The molecule has 9 heteroatoms. The van der Waals surface area contributed by atoms with E-state index in [4.69, 9.17) is 0 Å². The monoisotopic (exact) mass is 344 g/mol. The van der Waals surface area contributed by atoms with E-state index in [0.29, 0.717) is 5.69 Å². The average molecular weight is 344 g/mol. The number of benzene rings is 1. The Bertz CT molecular complexity index is 825. The number of amides is 1. The van der Waals surface area contributed by atoms with Gasteiger partial charge in [0.2, 0.25) is 0 Å². The van der Waals surface area contributed by atoms with E-state index in [1.807, 2.05) is 0 Å². The van der Waals surface area contributed by atoms with Crippen LogP contribution in [0.1, 0.15) is 30.3 Å². The van der Waals surface area contributed by atoms with Crippen LogP contribution < -0.4 is 0 Å². The number of hydrogen-bond acceptors (Lipinski definition) is 5. The molecule has 2 aromatic rings. The van der Waals surface area contributed by atoms with Crippen LogP contribution in [0.25, 0.3) is 5.69 Å². The minimum absolute atomic E-state index is 0.0394. The Morgan fingerprint density at radius 3 is 2.48 bits per heavy atom. The molecule has 0 saturated heterocycles. The molecule has 0 aliphatic heterocycles. The Balaban J connectivity index is 1.83. The standard InChI is InChI=1S/C16H16N4O5/c1-10(16(22)23)19(12-4-5-12)15(21)14-8-9-18(17-14)11-2-6-13(7-3-11)20(24)25/h2-3,6-10,12H,4-5H2,1H3,(H,22,23). The summed E-state index contributed by atoms with van der Waals surface area (Å²) in [5.41, 5.74) is 0.662. The minimum atomic E-state index is -1.06. The number of nitro groups is 1. The number of aliphatic carboxylic acids is 1. The molecule has 25 heavy (non-hydrogen) atoms. The maximum atomic E-state index is 12.7. The SMILES string of the molecule is CC(C(=O)O)N(C(=O)c1ccn(-c2ccc([N+](=O)[O-])cc2)n1)C1CC1. The van der Waals surface area contributed by atoms with Gasteiger partial charge in [-0.3, -0.25) is 14.9 Å². The molecule has 9 nitrogen and oxygen atoms in total. The molecule has 130 valence electrons. The van der Waals surface area contributed by atoms with Gasteiger partial charge in [0.25, 0.3) is 11.6 Å². The number of nitro benzene ring substituents is 1. The van der Waals surface area contributed by atoms with Gasteiger partial charge in [0, 0.05) is 24.4 Å². The average Bonchev–Trinajstić information content (AvgIpc) is 3.29. The third kappa shape index (κ3) is 3.35. The summed E-state index contributed by atoms with van der Waals surface area (Å²) in [5, 5.41) is 24.1. The topological polar surface area (TPSA) is 119 Å². The number of carbonyl (C=O) groups excluding carboxylic acids is 1. The zero-order chi connectivity index (χ0) is 18.1. The summed E-state index contributed by atoms with van der Waals surface area (Å²) in [5.74, 6) is -1.49. The lowest BCUT2D eigenvalue weighted by Crippen LogP contribution is -2.44. The van der Waals surface area contributed by atoms with Crippen molar-refractivity contribution in [3.05, 3.63) is 52.3 Å². The highest BCUT2D eigenvalue weighted by Crippen LogP contribution is 2.30. The van der Waals surface area contributed by atoms with E-state index in [1.165, 1.54) is 46.8 Å². The molecule has 1 aromatic heterocycles. The van der Waals surface area contributed by atoms with Crippen LogP contribution in [0.2, 0.25) is 0 Å². The molecule has 0 spiro atoms. The molecule has 1 aliphatic rings. The van der Waals surface area contributed by atoms with Gasteiger partial charge >= 0.3 is 5.97 Å². The van der Waals surface area contributed by atoms with Gasteiger partial charge in [-0.15, -0.1) is 0 Å². The van der Waals surface area contributed by atoms with E-state index in [1.54, 1.807) is 6.20 Å². The van der Waals surface area contributed by atoms with Crippen LogP contribution in [-0.2, 0) is 4.79 Å². The quantitative estimate of drug-likeness (QED) is 0.631. The highest BCUT2D eigenvalue weighted by atomic mass is 16.6. The van der Waals surface area contributed by atoms with Gasteiger partial charge < -0.3 is 10.0 Å². The Morgan fingerprint density at radius 1 is 1.32 bits per heavy atom. The van der Waals surface area contributed by atoms with Crippen molar-refractivity contribution in [1.29, 1.82) is 0 Å². The first kappa shape index (κ1) is 16.6. The van der Waals surface area contributed by atoms with Gasteiger partial charge in [0.15, 0.2) is 5.69 Å². The maximum Gasteiger partial charge on any atom is 0.326 e. The molecular formula is C16H16N4O5. The number of aromatic nitrogens is 2. The predicted molar refractivity (Wildman–Crippen MR) is 86.5 cm³/mol. The van der Waals surface area contributed by atoms with Crippen LogP contribution in [-0.4, -0.2) is 48.7 Å². The van der Waals surface area contributed by atoms with Crippen LogP contribution >= 0.6 is 0 Å². The molecule has 1 amide bonds. The van der Waals surface area contributed by atoms with Gasteiger partial charge in [0.1, 0.15) is 6.04 Å². The fraction of sp³-hybridized carbons (Fsp3) is 0.312. The molecule has 1 N–H and O–H groups in total. The van der Waals surface area contributed by atoms with Crippen molar-refractivity contribution in [1.82, 2.24) is 14.7 Å². The summed E-state index contributed by atoms with van der Waals surface area (Å²) in [4.78, 5) is 35.5. The van der Waals surface area contributed by atoms with Crippen LogP contribution in [0.4, 0.5) is 5.69 Å². The van der Waals surface area contributed by atoms with Crippen molar-refractivity contribution in [3.8, 4) is 5.69 Å². The first-order valence-electron chi connectivity index (χ1n) is 7.74. The normalized spacial score (nSPS) is 14.8. The number of non-ortho nitro benzene ring substituents is 1. The lowest BCUT2D eigenvalue weighted by Gasteiger charge is -2.25. The number of nitrogens with zero attached hydrogens (tertiary/aromatic N) is 4. The number of carboxylic acid groups (broad SMARTS) is 1. The highest BCUT2D eigenvalue weighted by molar-refractivity contribution is 5.95. The summed E-state index contributed by atoms with van der Waals surface area (Å²) >= 11 is 0. The van der Waals surface area contributed by atoms with Crippen LogP contribution in [0.15, 0.2) is 36.5 Å². The number of hydrogen-bond donors (Lipinski definition) is 1. The molecule has 0 bridgehead atoms. The smallest absolute Gasteiger partial charge is 0.326 e. The lowest BCUT2D eigenvalue weighted by molar-refractivity contribution is -0.384. The second-order valence-corrected chi connectivity index (χ2v) is 5.88. The Morgan fingerprint density at radius 2 is 1.96 bits per heavy atom. The molecule has 1 fully saturated rings. The van der Waals surface area contributed by atoms with E-state index >= 15 is 0 Å². The van der Waals surface area contributed by atoms with Gasteiger partial charge in [-0.1, -0.05) is 0 Å². The van der Waals surface area contributed by atoms with Crippen molar-refractivity contribution in [2.45, 2.75) is 31.8 Å². The predicted octanol–water partition coefficient (Wildman–Crippen LogP) is 1.86. The highest BCUT2D eigenvalue weighted by Gasteiger charge is 2.39. The van der Waals surface area contributed by atoms with Crippen molar-refractivity contribution < 1.29 is 19.6 Å². The molecule has 3 rings (SSSR count). The van der Waals surface area contributed by atoms with Crippen molar-refractivity contribution in [3.63, 3.8) is 0 Å². The fourth-order valence-corrected chi connectivity index (χ4v) is 2.57. The zero-order valence-corrected chi connectivity index (χ0v) is 13.4. The fourth-order valence-electron chi connectivity index (χ4n) is 2.57. The lowest BCUT2D eigenvalue weighted by atomic mass is 10.2. The Kier molecular flexibility index (Phi) is 4.22. The third-order valence-electron chi connectivity index (χ3n) is 4.08. The molecule has 1 saturated carbocycles. The van der Waals surface area contributed by atoms with Crippen LogP contribution in [0.5, 0.6) is 0 Å². The maximum absolute atomic E-state index is 12.7. The molecule has 0 radical (unpaired) electrons. The first-order valence-corrected chi connectivity index (χ1v) is 7.74. The Hall–Kier alpha value is -3.23. The van der Waals surface area contributed by atoms with Crippen molar-refractivity contribution in [2.75, 3.05) is 0 Å². The van der Waals surface area contributed by atoms with E-state index in [0.717, 1.165) is 12.8 Å². The summed E-state index contributed by atoms with van der Waals surface area (Å²) < 4.78 is 1.42. The number of carbonyl (C=O) groups is 2. The zero-order valence-electron chi connectivity index (χ0n) is 13.4. The molecule has 1 aliphatic carbocycles. The Labute approximate surface area is 142 Å². The van der Waals surface area contributed by atoms with Crippen molar-refractivity contribution >= 4 is 17.6 Å². The number of carboxylic acids is 1. The van der Waals surface area contributed by atoms with Crippen molar-refractivity contribution in [2.24, 2.45) is 0 Å². The van der Waals surface area contributed by atoms with E-state index in [-0.39, 0.29) is 17.4 Å². The second kappa shape index (κ2) is 6.34. The van der Waals surface area contributed by atoms with E-state index in [9.17, 15) is 24.8 Å². The van der Waals surface area contributed by atoms with Gasteiger partial charge in [-0.2, -0.15) is 5.10 Å². The summed E-state index contributed by atoms with van der Waals surface area (Å²) in [6.45, 7) is 1.48. The largest absolute Gasteiger partial charge is 0.480 e. The molecule has 1 aromatic carbocycles. The first-order chi connectivity index (χ1) is 11.9. The van der Waals surface area contributed by atoms with Gasteiger partial charge in [-0.25, -0.2) is 9.48 Å². The third-order valence-corrected chi connectivity index (χ3v) is 4.08. The van der Waals surface area contributed by atoms with Gasteiger partial charge in [0.05, 0.1) is 10.6 Å². The summed E-state index contributed by atoms with van der Waals surface area (Å²) in [6, 6.07) is 6.26. The van der Waals surface area contributed by atoms with Crippen LogP contribution in [0.3, 0.4) is 0 Å².